The van der Waals surface area contributed by atoms with Crippen LogP contribution in [0.3, 0.4) is 0 Å². The van der Waals surface area contributed by atoms with E-state index in [1.54, 1.807) is 7.11 Å². The Morgan fingerprint density at radius 1 is 1.30 bits per heavy atom. The van der Waals surface area contributed by atoms with Crippen LogP contribution in [-0.2, 0) is 0 Å². The van der Waals surface area contributed by atoms with E-state index in [1.165, 1.54) is 0 Å². The number of piperazine rings is 1. The summed E-state index contributed by atoms with van der Waals surface area (Å²) in [7, 11) is 1.64. The van der Waals surface area contributed by atoms with Gasteiger partial charge in [-0.1, -0.05) is 17.7 Å². The number of halogens is 1. The topological polar surface area (TPSA) is 39.5 Å². The molecule has 5 heteroatoms. The van der Waals surface area contributed by atoms with Gasteiger partial charge in [0.1, 0.15) is 10.8 Å². The first-order valence-electron chi connectivity index (χ1n) is 6.93. The van der Waals surface area contributed by atoms with Crippen LogP contribution in [0.2, 0.25) is 5.02 Å². The molecule has 0 spiro atoms. The Morgan fingerprint density at radius 2 is 2.05 bits per heavy atom. The second-order valence-electron chi connectivity index (χ2n) is 4.88. The van der Waals surface area contributed by atoms with Crippen LogP contribution in [0.15, 0.2) is 18.2 Å². The monoisotopic (exact) mass is 293 g/mol. The first-order valence-corrected chi connectivity index (χ1v) is 7.31. The molecule has 0 radical (unpaired) electrons. The highest BCUT2D eigenvalue weighted by Gasteiger charge is 2.19. The molecule has 4 nitrogen and oxygen atoms in total. The number of nitrogens with zero attached hydrogens (tertiary/aromatic N) is 3. The predicted octanol–water partition coefficient (Wildman–Crippen LogP) is 2.77. The molecule has 1 aromatic carbocycles. The normalized spacial score (nSPS) is 15.9. The zero-order chi connectivity index (χ0) is 14.4. The van der Waals surface area contributed by atoms with Crippen molar-refractivity contribution in [1.29, 1.82) is 5.26 Å². The van der Waals surface area contributed by atoms with Crippen LogP contribution in [0.25, 0.3) is 0 Å². The van der Waals surface area contributed by atoms with Crippen molar-refractivity contribution >= 4 is 17.3 Å². The summed E-state index contributed by atoms with van der Waals surface area (Å²) >= 11 is 6.36. The Bertz CT molecular complexity index is 478. The Morgan fingerprint density at radius 3 is 2.70 bits per heavy atom. The molecule has 1 heterocycles. The van der Waals surface area contributed by atoms with Crippen molar-refractivity contribution in [1.82, 2.24) is 4.90 Å². The lowest BCUT2D eigenvalue weighted by Gasteiger charge is -2.36. The smallest absolute Gasteiger partial charge is 0.139 e. The third-order valence-electron chi connectivity index (χ3n) is 3.64. The van der Waals surface area contributed by atoms with Crippen molar-refractivity contribution in [3.8, 4) is 11.8 Å². The van der Waals surface area contributed by atoms with E-state index in [0.29, 0.717) is 11.4 Å². The maximum absolute atomic E-state index is 8.56. The number of methoxy groups -OCH3 is 1. The summed E-state index contributed by atoms with van der Waals surface area (Å²) in [6.07, 6.45) is 1.60. The number of ether oxygens (including phenoxy) is 1. The van der Waals surface area contributed by atoms with Gasteiger partial charge in [0.2, 0.25) is 0 Å². The molecule has 2 rings (SSSR count). The third kappa shape index (κ3) is 3.56. The van der Waals surface area contributed by atoms with Gasteiger partial charge in [-0.05, 0) is 25.1 Å². The number of hydrogen-bond donors (Lipinski definition) is 0. The van der Waals surface area contributed by atoms with Gasteiger partial charge in [-0.25, -0.2) is 0 Å². The summed E-state index contributed by atoms with van der Waals surface area (Å²) in [5.41, 5.74) is 1.04. The van der Waals surface area contributed by atoms with Crippen LogP contribution < -0.4 is 9.64 Å². The van der Waals surface area contributed by atoms with Crippen LogP contribution >= 0.6 is 11.6 Å². The Labute approximate surface area is 125 Å². The fraction of sp³-hybridized carbons (Fsp3) is 0.533. The van der Waals surface area contributed by atoms with Crippen LogP contribution in [0.5, 0.6) is 5.75 Å². The van der Waals surface area contributed by atoms with Crippen LogP contribution in [0.4, 0.5) is 5.69 Å². The van der Waals surface area contributed by atoms with Crippen molar-refractivity contribution in [2.45, 2.75) is 12.8 Å². The molecular formula is C15H20ClN3O. The van der Waals surface area contributed by atoms with Crippen molar-refractivity contribution in [2.24, 2.45) is 0 Å². The molecule has 0 N–H and O–H groups in total. The van der Waals surface area contributed by atoms with Crippen molar-refractivity contribution in [2.75, 3.05) is 44.7 Å². The highest BCUT2D eigenvalue weighted by Crippen LogP contribution is 2.34. The second kappa shape index (κ2) is 7.37. The molecule has 0 bridgehead atoms. The molecule has 0 atom stereocenters. The number of anilines is 1. The molecule has 1 saturated heterocycles. The van der Waals surface area contributed by atoms with Gasteiger partial charge in [0, 0.05) is 32.6 Å². The van der Waals surface area contributed by atoms with E-state index in [4.69, 9.17) is 21.6 Å². The lowest BCUT2D eigenvalue weighted by molar-refractivity contribution is 0.256. The van der Waals surface area contributed by atoms with Crippen LogP contribution in [-0.4, -0.2) is 44.7 Å². The molecule has 0 amide bonds. The first-order chi connectivity index (χ1) is 9.76. The second-order valence-corrected chi connectivity index (χ2v) is 5.26. The summed E-state index contributed by atoms with van der Waals surface area (Å²) in [4.78, 5) is 4.70. The van der Waals surface area contributed by atoms with Gasteiger partial charge < -0.3 is 9.64 Å². The van der Waals surface area contributed by atoms with Gasteiger partial charge in [-0.2, -0.15) is 5.26 Å². The average Bonchev–Trinajstić information content (AvgIpc) is 2.49. The van der Waals surface area contributed by atoms with Crippen molar-refractivity contribution in [3.63, 3.8) is 0 Å². The van der Waals surface area contributed by atoms with E-state index in [0.717, 1.165) is 50.6 Å². The molecule has 0 unspecified atom stereocenters. The van der Waals surface area contributed by atoms with Gasteiger partial charge in [-0.15, -0.1) is 0 Å². The summed E-state index contributed by atoms with van der Waals surface area (Å²) in [6, 6.07) is 8.08. The molecular weight excluding hydrogens is 274 g/mol. The SMILES string of the molecule is COc1cccc(N2CCN(CCCC#N)CC2)c1Cl. The quantitative estimate of drug-likeness (QED) is 0.783. The van der Waals surface area contributed by atoms with E-state index < -0.39 is 0 Å². The van der Waals surface area contributed by atoms with E-state index in [9.17, 15) is 0 Å². The molecule has 108 valence electrons. The lowest BCUT2D eigenvalue weighted by Crippen LogP contribution is -2.46. The zero-order valence-electron chi connectivity index (χ0n) is 11.8. The minimum absolute atomic E-state index is 0.641. The molecule has 20 heavy (non-hydrogen) atoms. The van der Waals surface area contributed by atoms with E-state index >= 15 is 0 Å². The van der Waals surface area contributed by atoms with Gasteiger partial charge >= 0.3 is 0 Å². The number of nitriles is 1. The highest BCUT2D eigenvalue weighted by molar-refractivity contribution is 6.34. The molecule has 1 aromatic rings. The molecule has 0 aliphatic carbocycles. The van der Waals surface area contributed by atoms with Gasteiger partial charge in [0.15, 0.2) is 0 Å². The van der Waals surface area contributed by atoms with Crippen molar-refractivity contribution < 1.29 is 4.74 Å². The minimum atomic E-state index is 0.641. The van der Waals surface area contributed by atoms with E-state index in [1.807, 2.05) is 18.2 Å². The largest absolute Gasteiger partial charge is 0.495 e. The molecule has 1 fully saturated rings. The van der Waals surface area contributed by atoms with Gasteiger partial charge in [0.25, 0.3) is 0 Å². The highest BCUT2D eigenvalue weighted by atomic mass is 35.5. The molecule has 1 aliphatic rings. The fourth-order valence-electron chi connectivity index (χ4n) is 2.50. The summed E-state index contributed by atoms with van der Waals surface area (Å²) < 4.78 is 5.26. The van der Waals surface area contributed by atoms with E-state index in [-0.39, 0.29) is 0 Å². The standard InChI is InChI=1S/C15H20ClN3O/c1-20-14-6-4-5-13(15(14)16)19-11-9-18(10-12-19)8-3-2-7-17/h4-6H,2-3,8-12H2,1H3. The maximum Gasteiger partial charge on any atom is 0.139 e. The molecule has 0 aromatic heterocycles. The maximum atomic E-state index is 8.56. The number of hydrogen-bond acceptors (Lipinski definition) is 4. The van der Waals surface area contributed by atoms with Gasteiger partial charge in [-0.3, -0.25) is 4.90 Å². The Balaban J connectivity index is 1.92. The third-order valence-corrected chi connectivity index (χ3v) is 4.02. The zero-order valence-corrected chi connectivity index (χ0v) is 12.6. The fourth-order valence-corrected chi connectivity index (χ4v) is 2.82. The van der Waals surface area contributed by atoms with Crippen molar-refractivity contribution in [3.05, 3.63) is 23.2 Å². The Kier molecular flexibility index (Phi) is 5.51. The summed E-state index contributed by atoms with van der Waals surface area (Å²) in [6.45, 7) is 4.95. The van der Waals surface area contributed by atoms with E-state index in [2.05, 4.69) is 15.9 Å². The minimum Gasteiger partial charge on any atom is -0.495 e. The number of unbranched alkanes of at least 4 members (excludes halogenated alkanes) is 1. The number of rotatable bonds is 5. The number of benzene rings is 1. The van der Waals surface area contributed by atoms with Crippen LogP contribution in [0.1, 0.15) is 12.8 Å². The van der Waals surface area contributed by atoms with Crippen LogP contribution in [0, 0.1) is 11.3 Å². The lowest BCUT2D eigenvalue weighted by atomic mass is 10.2. The summed E-state index contributed by atoms with van der Waals surface area (Å²) in [5, 5.41) is 9.25. The summed E-state index contributed by atoms with van der Waals surface area (Å²) in [5.74, 6) is 0.723. The predicted molar refractivity (Wildman–Crippen MR) is 81.5 cm³/mol. The van der Waals surface area contributed by atoms with Gasteiger partial charge in [0.05, 0.1) is 18.9 Å². The Hall–Kier alpha value is -1.44. The first kappa shape index (κ1) is 15.0. The average molecular weight is 294 g/mol. The molecule has 0 saturated carbocycles. The molecule has 1 aliphatic heterocycles.